The lowest BCUT2D eigenvalue weighted by Gasteiger charge is -2.36. The number of nitrogens with zero attached hydrogens (tertiary/aromatic N) is 2. The van der Waals surface area contributed by atoms with Crippen LogP contribution in [0.3, 0.4) is 0 Å². The van der Waals surface area contributed by atoms with Gasteiger partial charge in [-0.1, -0.05) is 12.1 Å². The number of benzene rings is 1. The van der Waals surface area contributed by atoms with E-state index in [1.165, 1.54) is 6.07 Å². The number of nitrogens with two attached hydrogens (primary N) is 1. The van der Waals surface area contributed by atoms with Crippen LogP contribution in [0.25, 0.3) is 0 Å². The highest BCUT2D eigenvalue weighted by Crippen LogP contribution is 2.44. The Balaban J connectivity index is 2.12. The lowest BCUT2D eigenvalue weighted by molar-refractivity contribution is 0.210. The molecule has 1 unspecified atom stereocenters. The zero-order chi connectivity index (χ0) is 12.0. The first-order valence-corrected chi connectivity index (χ1v) is 6.04. The zero-order valence-corrected chi connectivity index (χ0v) is 9.91. The van der Waals surface area contributed by atoms with Crippen LogP contribution in [0, 0.1) is 5.82 Å². The molecule has 0 radical (unpaired) electrons. The quantitative estimate of drug-likeness (QED) is 0.800. The van der Waals surface area contributed by atoms with E-state index in [2.05, 4.69) is 16.8 Å². The highest BCUT2D eigenvalue weighted by atomic mass is 19.1. The zero-order valence-electron chi connectivity index (χ0n) is 9.91. The van der Waals surface area contributed by atoms with Gasteiger partial charge in [0.25, 0.3) is 0 Å². The Hall–Kier alpha value is -1.58. The molecule has 2 N–H and O–H groups in total. The maximum atomic E-state index is 13.8. The van der Waals surface area contributed by atoms with E-state index in [4.69, 9.17) is 5.73 Å². The van der Waals surface area contributed by atoms with Crippen molar-refractivity contribution in [2.45, 2.75) is 25.3 Å². The third kappa shape index (κ3) is 1.24. The van der Waals surface area contributed by atoms with Crippen LogP contribution >= 0.6 is 0 Å². The van der Waals surface area contributed by atoms with Crippen LogP contribution in [0.2, 0.25) is 0 Å². The Morgan fingerprint density at radius 1 is 1.53 bits per heavy atom. The summed E-state index contributed by atoms with van der Waals surface area (Å²) in [6.07, 6.45) is 1.68. The van der Waals surface area contributed by atoms with Gasteiger partial charge in [0.2, 0.25) is 0 Å². The Labute approximate surface area is 100 Å². The molecule has 4 heteroatoms. The molecule has 3 nitrogen and oxygen atoms in total. The van der Waals surface area contributed by atoms with Gasteiger partial charge >= 0.3 is 0 Å². The van der Waals surface area contributed by atoms with Gasteiger partial charge in [-0.05, 0) is 37.0 Å². The standard InChI is InChI=1S/C13H16FN3/c1-2-17-12(15)16-8-13(17)7-6-9-10(13)4-3-5-11(9)14/h3-5H,2,6-8H2,1H3,(H2,15,16). The molecule has 0 saturated carbocycles. The monoisotopic (exact) mass is 233 g/mol. The number of aliphatic imine (C=N–C) groups is 1. The smallest absolute Gasteiger partial charge is 0.192 e. The number of hydrogen-bond acceptors (Lipinski definition) is 3. The molecule has 0 aromatic heterocycles. The van der Waals surface area contributed by atoms with Crippen molar-refractivity contribution in [1.82, 2.24) is 4.90 Å². The van der Waals surface area contributed by atoms with Crippen LogP contribution in [0.15, 0.2) is 23.2 Å². The van der Waals surface area contributed by atoms with E-state index >= 15 is 0 Å². The summed E-state index contributed by atoms with van der Waals surface area (Å²) in [5.74, 6) is 0.491. The maximum Gasteiger partial charge on any atom is 0.192 e. The van der Waals surface area contributed by atoms with Crippen LogP contribution in [-0.2, 0) is 12.0 Å². The lowest BCUT2D eigenvalue weighted by Crippen LogP contribution is -2.47. The van der Waals surface area contributed by atoms with Crippen molar-refractivity contribution >= 4 is 5.96 Å². The second-order valence-electron chi connectivity index (χ2n) is 4.72. The summed E-state index contributed by atoms with van der Waals surface area (Å²) in [7, 11) is 0. The fourth-order valence-corrected chi connectivity index (χ4v) is 3.23. The minimum Gasteiger partial charge on any atom is -0.370 e. The first kappa shape index (κ1) is 10.6. The molecule has 3 rings (SSSR count). The Morgan fingerprint density at radius 3 is 3.12 bits per heavy atom. The Morgan fingerprint density at radius 2 is 2.35 bits per heavy atom. The van der Waals surface area contributed by atoms with Crippen molar-refractivity contribution in [3.8, 4) is 0 Å². The van der Waals surface area contributed by atoms with Crippen LogP contribution in [0.1, 0.15) is 24.5 Å². The van der Waals surface area contributed by atoms with E-state index in [0.717, 1.165) is 30.5 Å². The van der Waals surface area contributed by atoms with Gasteiger partial charge < -0.3 is 10.6 Å². The largest absolute Gasteiger partial charge is 0.370 e. The molecule has 1 heterocycles. The van der Waals surface area contributed by atoms with E-state index < -0.39 is 0 Å². The summed E-state index contributed by atoms with van der Waals surface area (Å²) >= 11 is 0. The van der Waals surface area contributed by atoms with Gasteiger partial charge in [-0.2, -0.15) is 0 Å². The molecule has 17 heavy (non-hydrogen) atoms. The molecule has 1 spiro atoms. The summed E-state index contributed by atoms with van der Waals surface area (Å²) in [6, 6.07) is 5.33. The van der Waals surface area contributed by atoms with Gasteiger partial charge in [0.1, 0.15) is 5.82 Å². The van der Waals surface area contributed by atoms with Crippen LogP contribution in [0.5, 0.6) is 0 Å². The van der Waals surface area contributed by atoms with Gasteiger partial charge in [-0.3, -0.25) is 4.99 Å². The summed E-state index contributed by atoms with van der Waals surface area (Å²) in [5, 5.41) is 0. The Kier molecular flexibility index (Phi) is 2.15. The molecule has 1 aromatic carbocycles. The van der Waals surface area contributed by atoms with Crippen LogP contribution in [0.4, 0.5) is 4.39 Å². The highest BCUT2D eigenvalue weighted by Gasteiger charge is 2.47. The van der Waals surface area contributed by atoms with E-state index in [-0.39, 0.29) is 11.4 Å². The first-order valence-electron chi connectivity index (χ1n) is 6.04. The van der Waals surface area contributed by atoms with Gasteiger partial charge in [0.15, 0.2) is 5.96 Å². The molecule has 1 aliphatic carbocycles. The van der Waals surface area contributed by atoms with Gasteiger partial charge in [-0.25, -0.2) is 4.39 Å². The molecule has 0 bridgehead atoms. The molecule has 1 atom stereocenters. The molecular formula is C13H16FN3. The predicted molar refractivity (Wildman–Crippen MR) is 65.3 cm³/mol. The molecule has 1 aliphatic heterocycles. The summed E-state index contributed by atoms with van der Waals surface area (Å²) in [6.45, 7) is 3.53. The van der Waals surface area contributed by atoms with E-state index in [1.54, 1.807) is 6.07 Å². The molecular weight excluding hydrogens is 217 g/mol. The topological polar surface area (TPSA) is 41.6 Å². The van der Waals surface area contributed by atoms with Crippen molar-refractivity contribution in [3.05, 3.63) is 35.1 Å². The first-order chi connectivity index (χ1) is 8.19. The normalized spacial score (nSPS) is 26.5. The fourth-order valence-electron chi connectivity index (χ4n) is 3.23. The van der Waals surface area contributed by atoms with Crippen molar-refractivity contribution in [2.24, 2.45) is 10.7 Å². The van der Waals surface area contributed by atoms with Crippen molar-refractivity contribution in [3.63, 3.8) is 0 Å². The maximum absolute atomic E-state index is 13.8. The number of hydrogen-bond donors (Lipinski definition) is 1. The SMILES string of the molecule is CCN1C(N)=NCC12CCc1c(F)cccc12. The van der Waals surface area contributed by atoms with E-state index in [9.17, 15) is 4.39 Å². The molecule has 0 fully saturated rings. The van der Waals surface area contributed by atoms with Gasteiger partial charge in [0, 0.05) is 6.54 Å². The minimum absolute atomic E-state index is 0.0964. The van der Waals surface area contributed by atoms with Crippen molar-refractivity contribution < 1.29 is 4.39 Å². The fraction of sp³-hybridized carbons (Fsp3) is 0.462. The van der Waals surface area contributed by atoms with Gasteiger partial charge in [-0.15, -0.1) is 0 Å². The second kappa shape index (κ2) is 3.45. The van der Waals surface area contributed by atoms with Crippen LogP contribution in [-0.4, -0.2) is 23.9 Å². The molecule has 2 aliphatic rings. The number of halogens is 1. The average Bonchev–Trinajstić information content (AvgIpc) is 2.84. The number of rotatable bonds is 1. The summed E-state index contributed by atoms with van der Waals surface area (Å²) < 4.78 is 13.8. The van der Waals surface area contributed by atoms with Crippen molar-refractivity contribution in [2.75, 3.05) is 13.1 Å². The average molecular weight is 233 g/mol. The van der Waals surface area contributed by atoms with E-state index in [0.29, 0.717) is 12.5 Å². The highest BCUT2D eigenvalue weighted by molar-refractivity contribution is 5.81. The summed E-state index contributed by atoms with van der Waals surface area (Å²) in [5.41, 5.74) is 7.65. The van der Waals surface area contributed by atoms with Gasteiger partial charge in [0.05, 0.1) is 12.1 Å². The molecule has 0 saturated heterocycles. The third-order valence-corrected chi connectivity index (χ3v) is 4.02. The molecule has 90 valence electrons. The third-order valence-electron chi connectivity index (χ3n) is 4.02. The van der Waals surface area contributed by atoms with E-state index in [1.807, 2.05) is 6.07 Å². The molecule has 0 amide bonds. The lowest BCUT2D eigenvalue weighted by atomic mass is 9.91. The Bertz CT molecular complexity index is 497. The number of likely N-dealkylation sites (N-methyl/N-ethyl adjacent to an activating group) is 1. The molecule has 1 aromatic rings. The van der Waals surface area contributed by atoms with Crippen molar-refractivity contribution in [1.29, 1.82) is 0 Å². The van der Waals surface area contributed by atoms with Crippen LogP contribution < -0.4 is 5.73 Å². The second-order valence-corrected chi connectivity index (χ2v) is 4.72. The number of guanidine groups is 1. The predicted octanol–water partition coefficient (Wildman–Crippen LogP) is 1.62. The minimum atomic E-state index is -0.184. The number of fused-ring (bicyclic) bond motifs is 2. The summed E-state index contributed by atoms with van der Waals surface area (Å²) in [4.78, 5) is 6.46.